The zero-order valence-electron chi connectivity index (χ0n) is 15.9. The number of nitrogens with one attached hydrogen (secondary N) is 1. The van der Waals surface area contributed by atoms with Crippen molar-refractivity contribution in [3.63, 3.8) is 0 Å². The molecule has 0 radical (unpaired) electrons. The molecule has 2 aliphatic carbocycles. The van der Waals surface area contributed by atoms with E-state index >= 15 is 0 Å². The summed E-state index contributed by atoms with van der Waals surface area (Å²) in [6, 6.07) is 0.727. The first-order valence-corrected chi connectivity index (χ1v) is 9.75. The molecule has 0 aromatic heterocycles. The summed E-state index contributed by atoms with van der Waals surface area (Å²) in [6.45, 7) is 10.5. The Morgan fingerprint density at radius 1 is 1.04 bits per heavy atom. The zero-order valence-corrected chi connectivity index (χ0v) is 15.9. The highest BCUT2D eigenvalue weighted by atomic mass is 16.4. The minimum absolute atomic E-state index is 0.0265. The van der Waals surface area contributed by atoms with Gasteiger partial charge in [0.05, 0.1) is 11.8 Å². The highest BCUT2D eigenvalue weighted by Crippen LogP contribution is 2.57. The van der Waals surface area contributed by atoms with Crippen LogP contribution < -0.4 is 5.32 Å². The summed E-state index contributed by atoms with van der Waals surface area (Å²) in [4.78, 5) is 27.3. The van der Waals surface area contributed by atoms with Crippen LogP contribution in [-0.4, -0.2) is 47.1 Å². The van der Waals surface area contributed by atoms with E-state index < -0.39 is 11.9 Å². The van der Waals surface area contributed by atoms with Crippen LogP contribution in [0.3, 0.4) is 0 Å². The summed E-state index contributed by atoms with van der Waals surface area (Å²) in [7, 11) is 0. The Bertz CT molecular complexity index is 571. The highest BCUT2D eigenvalue weighted by Gasteiger charge is 2.57. The van der Waals surface area contributed by atoms with Gasteiger partial charge in [-0.1, -0.05) is 11.1 Å². The Morgan fingerprint density at radius 2 is 1.60 bits per heavy atom. The van der Waals surface area contributed by atoms with Crippen LogP contribution >= 0.6 is 0 Å². The number of piperidine rings is 1. The highest BCUT2D eigenvalue weighted by molar-refractivity contribution is 5.87. The van der Waals surface area contributed by atoms with Gasteiger partial charge in [0.1, 0.15) is 0 Å². The van der Waals surface area contributed by atoms with Gasteiger partial charge >= 0.3 is 5.97 Å². The van der Waals surface area contributed by atoms with Gasteiger partial charge < -0.3 is 15.3 Å². The average molecular weight is 348 g/mol. The molecule has 2 bridgehead atoms. The standard InChI is InChI=1S/C20H32N2O3/c1-11(2)16-14-5-6-15(16)18(20(24)25)17(14)19(23)21-13-7-9-22(10-8-13)12(3)4/h12-15,17-18H,5-10H2,1-4H3,(H,21,23)(H,24,25). The van der Waals surface area contributed by atoms with Gasteiger partial charge in [-0.05, 0) is 65.2 Å². The van der Waals surface area contributed by atoms with E-state index in [-0.39, 0.29) is 29.7 Å². The number of amides is 1. The fraction of sp³-hybridized carbons (Fsp3) is 0.800. The zero-order chi connectivity index (χ0) is 18.3. The molecule has 3 rings (SSSR count). The third kappa shape index (κ3) is 3.35. The molecule has 1 amide bonds. The van der Waals surface area contributed by atoms with Crippen LogP contribution in [0.25, 0.3) is 0 Å². The number of hydrogen-bond acceptors (Lipinski definition) is 3. The summed E-state index contributed by atoms with van der Waals surface area (Å²) < 4.78 is 0. The number of carboxylic acids is 1. The molecule has 3 aliphatic rings. The largest absolute Gasteiger partial charge is 0.481 e. The second-order valence-electron chi connectivity index (χ2n) is 8.55. The lowest BCUT2D eigenvalue weighted by Gasteiger charge is -2.36. The fourth-order valence-electron chi connectivity index (χ4n) is 5.46. The fourth-order valence-corrected chi connectivity index (χ4v) is 5.46. The Hall–Kier alpha value is -1.36. The van der Waals surface area contributed by atoms with Gasteiger partial charge in [0.2, 0.25) is 5.91 Å². The van der Waals surface area contributed by atoms with E-state index in [4.69, 9.17) is 0 Å². The monoisotopic (exact) mass is 348 g/mol. The predicted octanol–water partition coefficient (Wildman–Crippen LogP) is 2.67. The summed E-state index contributed by atoms with van der Waals surface area (Å²) in [5, 5.41) is 12.9. The smallest absolute Gasteiger partial charge is 0.307 e. The third-order valence-electron chi connectivity index (χ3n) is 6.61. The van der Waals surface area contributed by atoms with Crippen LogP contribution in [0.2, 0.25) is 0 Å². The number of hydrogen-bond donors (Lipinski definition) is 2. The quantitative estimate of drug-likeness (QED) is 0.767. The lowest BCUT2D eigenvalue weighted by atomic mass is 9.78. The molecule has 1 saturated heterocycles. The van der Waals surface area contributed by atoms with E-state index in [9.17, 15) is 14.7 Å². The SMILES string of the molecule is CC(C)=C1C2CCC1C(C(=O)NC1CCN(C(C)C)CC1)C2C(=O)O. The van der Waals surface area contributed by atoms with Crippen molar-refractivity contribution >= 4 is 11.9 Å². The number of likely N-dealkylation sites (tertiary alicyclic amines) is 1. The third-order valence-corrected chi connectivity index (χ3v) is 6.61. The lowest BCUT2D eigenvalue weighted by Crippen LogP contribution is -2.50. The van der Waals surface area contributed by atoms with Gasteiger partial charge in [0.15, 0.2) is 0 Å². The van der Waals surface area contributed by atoms with Crippen LogP contribution in [0.5, 0.6) is 0 Å². The first kappa shape index (κ1) is 18.4. The van der Waals surface area contributed by atoms with Crippen molar-refractivity contribution in [2.75, 3.05) is 13.1 Å². The Balaban J connectivity index is 1.69. The van der Waals surface area contributed by atoms with Gasteiger partial charge in [-0.2, -0.15) is 0 Å². The van der Waals surface area contributed by atoms with Gasteiger partial charge in [-0.15, -0.1) is 0 Å². The lowest BCUT2D eigenvalue weighted by molar-refractivity contribution is -0.149. The molecule has 1 heterocycles. The van der Waals surface area contributed by atoms with Crippen molar-refractivity contribution in [1.29, 1.82) is 0 Å². The minimum Gasteiger partial charge on any atom is -0.481 e. The molecular weight excluding hydrogens is 316 g/mol. The van der Waals surface area contributed by atoms with Gasteiger partial charge in [0, 0.05) is 25.2 Å². The molecule has 5 heteroatoms. The van der Waals surface area contributed by atoms with Crippen LogP contribution in [0, 0.1) is 23.7 Å². The van der Waals surface area contributed by atoms with Crippen LogP contribution in [0.4, 0.5) is 0 Å². The number of nitrogens with zero attached hydrogens (tertiary/aromatic N) is 1. The van der Waals surface area contributed by atoms with Crippen molar-refractivity contribution in [2.45, 2.75) is 65.5 Å². The van der Waals surface area contributed by atoms with Crippen molar-refractivity contribution in [3.8, 4) is 0 Å². The molecule has 0 aromatic carbocycles. The molecular formula is C20H32N2O3. The number of carbonyl (C=O) groups is 2. The van der Waals surface area contributed by atoms with E-state index in [1.54, 1.807) is 0 Å². The second kappa shape index (κ2) is 7.10. The number of carbonyl (C=O) groups excluding carboxylic acids is 1. The molecule has 5 nitrogen and oxygen atoms in total. The normalized spacial score (nSPS) is 33.1. The molecule has 4 unspecified atom stereocenters. The predicted molar refractivity (Wildman–Crippen MR) is 97.1 cm³/mol. The van der Waals surface area contributed by atoms with Crippen molar-refractivity contribution in [2.24, 2.45) is 23.7 Å². The Morgan fingerprint density at radius 3 is 2.08 bits per heavy atom. The number of allylic oxidation sites excluding steroid dienone is 2. The van der Waals surface area contributed by atoms with Gasteiger partial charge in [0.25, 0.3) is 0 Å². The second-order valence-corrected chi connectivity index (χ2v) is 8.55. The Kier molecular flexibility index (Phi) is 5.24. The maximum atomic E-state index is 13.0. The molecule has 2 N–H and O–H groups in total. The van der Waals surface area contributed by atoms with E-state index in [0.717, 1.165) is 38.8 Å². The minimum atomic E-state index is -0.805. The number of aliphatic carboxylic acids is 1. The molecule has 25 heavy (non-hydrogen) atoms. The van der Waals surface area contributed by atoms with E-state index in [1.165, 1.54) is 11.1 Å². The maximum Gasteiger partial charge on any atom is 0.307 e. The van der Waals surface area contributed by atoms with Crippen LogP contribution in [-0.2, 0) is 9.59 Å². The molecule has 2 saturated carbocycles. The molecule has 4 atom stereocenters. The van der Waals surface area contributed by atoms with E-state index in [2.05, 4.69) is 37.9 Å². The van der Waals surface area contributed by atoms with Crippen molar-refractivity contribution in [3.05, 3.63) is 11.1 Å². The summed E-state index contributed by atoms with van der Waals surface area (Å²) in [6.07, 6.45) is 3.79. The van der Waals surface area contributed by atoms with Crippen LogP contribution in [0.1, 0.15) is 53.4 Å². The number of rotatable bonds is 4. The first-order chi connectivity index (χ1) is 11.8. The summed E-state index contributed by atoms with van der Waals surface area (Å²) in [5.74, 6) is -1.57. The van der Waals surface area contributed by atoms with E-state index in [1.807, 2.05) is 0 Å². The Labute approximate surface area is 150 Å². The first-order valence-electron chi connectivity index (χ1n) is 9.75. The molecule has 140 valence electrons. The molecule has 0 spiro atoms. The average Bonchev–Trinajstić information content (AvgIpc) is 3.11. The molecule has 0 aromatic rings. The molecule has 3 fully saturated rings. The van der Waals surface area contributed by atoms with E-state index in [0.29, 0.717) is 6.04 Å². The summed E-state index contributed by atoms with van der Waals surface area (Å²) in [5.41, 5.74) is 2.46. The van der Waals surface area contributed by atoms with Crippen molar-refractivity contribution in [1.82, 2.24) is 10.2 Å². The van der Waals surface area contributed by atoms with Gasteiger partial charge in [-0.25, -0.2) is 0 Å². The number of fused-ring (bicyclic) bond motifs is 2. The van der Waals surface area contributed by atoms with Crippen LogP contribution in [0.15, 0.2) is 11.1 Å². The number of carboxylic acid groups (broad SMARTS) is 1. The maximum absolute atomic E-state index is 13.0. The topological polar surface area (TPSA) is 69.6 Å². The van der Waals surface area contributed by atoms with Gasteiger partial charge in [-0.3, -0.25) is 9.59 Å². The molecule has 1 aliphatic heterocycles. The summed E-state index contributed by atoms with van der Waals surface area (Å²) >= 11 is 0. The van der Waals surface area contributed by atoms with Crippen molar-refractivity contribution < 1.29 is 14.7 Å².